The number of hydrogen-bond donors (Lipinski definition) is 2. The maximum Gasteiger partial charge on any atom is 0.130 e. The fourth-order valence-corrected chi connectivity index (χ4v) is 1.98. The van der Waals surface area contributed by atoms with E-state index in [1.807, 2.05) is 49.5 Å². The van der Waals surface area contributed by atoms with Crippen LogP contribution in [0.4, 0.5) is 0 Å². The zero-order valence-corrected chi connectivity index (χ0v) is 11.1. The van der Waals surface area contributed by atoms with Crippen molar-refractivity contribution in [1.29, 1.82) is 0 Å². The fraction of sp³-hybridized carbons (Fsp3) is 0.250. The molecule has 100 valence electrons. The first-order valence-electron chi connectivity index (χ1n) is 6.43. The molecular formula is C16H19NO2. The highest BCUT2D eigenvalue weighted by atomic mass is 16.5. The number of aliphatic hydroxyl groups excluding tert-OH is 1. The molecule has 0 radical (unpaired) electrons. The molecule has 2 N–H and O–H groups in total. The second kappa shape index (κ2) is 6.92. The SMILES string of the molecule is CNCc1cccc(Oc2ccccc2CCO)c1. The predicted octanol–water partition coefficient (Wildman–Crippen LogP) is 2.73. The normalized spacial score (nSPS) is 10.4. The average molecular weight is 257 g/mol. The Morgan fingerprint density at radius 3 is 2.74 bits per heavy atom. The van der Waals surface area contributed by atoms with Crippen LogP contribution in [-0.2, 0) is 13.0 Å². The monoisotopic (exact) mass is 257 g/mol. The molecule has 2 rings (SSSR count). The maximum atomic E-state index is 9.06. The lowest BCUT2D eigenvalue weighted by Gasteiger charge is -2.11. The standard InChI is InChI=1S/C16H19NO2/c1-17-12-13-5-4-7-15(11-13)19-16-8-3-2-6-14(16)9-10-18/h2-8,11,17-18H,9-10,12H2,1H3. The predicted molar refractivity (Wildman–Crippen MR) is 76.5 cm³/mol. The lowest BCUT2D eigenvalue weighted by atomic mass is 10.1. The summed E-state index contributed by atoms with van der Waals surface area (Å²) < 4.78 is 5.91. The van der Waals surface area contributed by atoms with E-state index in [1.165, 1.54) is 5.56 Å². The van der Waals surface area contributed by atoms with Gasteiger partial charge in [-0.25, -0.2) is 0 Å². The minimum atomic E-state index is 0.125. The minimum Gasteiger partial charge on any atom is -0.457 e. The molecule has 0 saturated heterocycles. The van der Waals surface area contributed by atoms with Crippen molar-refractivity contribution >= 4 is 0 Å². The summed E-state index contributed by atoms with van der Waals surface area (Å²) in [6.45, 7) is 0.940. The number of nitrogens with one attached hydrogen (secondary N) is 1. The van der Waals surface area contributed by atoms with Gasteiger partial charge in [-0.3, -0.25) is 0 Å². The molecule has 0 fully saturated rings. The lowest BCUT2D eigenvalue weighted by molar-refractivity contribution is 0.298. The van der Waals surface area contributed by atoms with Crippen LogP contribution in [0.3, 0.4) is 0 Å². The molecule has 0 bridgehead atoms. The second-order valence-electron chi connectivity index (χ2n) is 4.36. The van der Waals surface area contributed by atoms with Crippen molar-refractivity contribution in [2.75, 3.05) is 13.7 Å². The van der Waals surface area contributed by atoms with Gasteiger partial charge >= 0.3 is 0 Å². The van der Waals surface area contributed by atoms with Crippen molar-refractivity contribution in [2.24, 2.45) is 0 Å². The van der Waals surface area contributed by atoms with Gasteiger partial charge in [0.15, 0.2) is 0 Å². The Kier molecular flexibility index (Phi) is 4.95. The van der Waals surface area contributed by atoms with Crippen LogP contribution in [0.1, 0.15) is 11.1 Å². The summed E-state index contributed by atoms with van der Waals surface area (Å²) in [5, 5.41) is 12.2. The highest BCUT2D eigenvalue weighted by molar-refractivity contribution is 5.39. The van der Waals surface area contributed by atoms with Crippen LogP contribution >= 0.6 is 0 Å². The van der Waals surface area contributed by atoms with Gasteiger partial charge in [0.2, 0.25) is 0 Å². The number of ether oxygens (including phenoxy) is 1. The average Bonchev–Trinajstić information content (AvgIpc) is 2.42. The van der Waals surface area contributed by atoms with E-state index in [0.717, 1.165) is 23.6 Å². The van der Waals surface area contributed by atoms with Gasteiger partial charge in [-0.1, -0.05) is 30.3 Å². The van der Waals surface area contributed by atoms with E-state index in [4.69, 9.17) is 9.84 Å². The van der Waals surface area contributed by atoms with Crippen molar-refractivity contribution in [1.82, 2.24) is 5.32 Å². The first-order chi connectivity index (χ1) is 9.33. The number of aliphatic hydroxyl groups is 1. The van der Waals surface area contributed by atoms with Crippen molar-refractivity contribution < 1.29 is 9.84 Å². The maximum absolute atomic E-state index is 9.06. The van der Waals surface area contributed by atoms with Crippen LogP contribution in [-0.4, -0.2) is 18.8 Å². The van der Waals surface area contributed by atoms with Gasteiger partial charge in [-0.15, -0.1) is 0 Å². The Morgan fingerprint density at radius 1 is 1.11 bits per heavy atom. The van der Waals surface area contributed by atoms with E-state index in [0.29, 0.717) is 6.42 Å². The van der Waals surface area contributed by atoms with Crippen molar-refractivity contribution in [3.05, 3.63) is 59.7 Å². The number of hydrogen-bond acceptors (Lipinski definition) is 3. The zero-order valence-electron chi connectivity index (χ0n) is 11.1. The molecule has 0 aliphatic rings. The summed E-state index contributed by atoms with van der Waals surface area (Å²) in [5.41, 5.74) is 2.20. The number of rotatable bonds is 6. The summed E-state index contributed by atoms with van der Waals surface area (Å²) in [6.07, 6.45) is 0.604. The van der Waals surface area contributed by atoms with Gasteiger partial charge in [-0.05, 0) is 42.8 Å². The molecule has 0 saturated carbocycles. The molecule has 3 nitrogen and oxygen atoms in total. The van der Waals surface area contributed by atoms with Gasteiger partial charge in [-0.2, -0.15) is 0 Å². The smallest absolute Gasteiger partial charge is 0.130 e. The third-order valence-corrected chi connectivity index (χ3v) is 2.86. The molecule has 0 amide bonds. The van der Waals surface area contributed by atoms with Gasteiger partial charge < -0.3 is 15.2 Å². The van der Waals surface area contributed by atoms with Crippen LogP contribution in [0.2, 0.25) is 0 Å². The fourth-order valence-electron chi connectivity index (χ4n) is 1.98. The Balaban J connectivity index is 2.18. The van der Waals surface area contributed by atoms with Crippen LogP contribution in [0.25, 0.3) is 0 Å². The first-order valence-corrected chi connectivity index (χ1v) is 6.43. The van der Waals surface area contributed by atoms with E-state index in [1.54, 1.807) is 0 Å². The molecule has 0 heterocycles. The summed E-state index contributed by atoms with van der Waals surface area (Å²) in [6, 6.07) is 15.8. The van der Waals surface area contributed by atoms with E-state index >= 15 is 0 Å². The molecule has 0 unspecified atom stereocenters. The second-order valence-corrected chi connectivity index (χ2v) is 4.36. The number of benzene rings is 2. The molecule has 2 aromatic rings. The topological polar surface area (TPSA) is 41.5 Å². The van der Waals surface area contributed by atoms with E-state index in [-0.39, 0.29) is 6.61 Å². The number of para-hydroxylation sites is 1. The molecule has 0 aliphatic carbocycles. The first kappa shape index (κ1) is 13.6. The molecule has 0 aromatic heterocycles. The highest BCUT2D eigenvalue weighted by Gasteiger charge is 2.04. The van der Waals surface area contributed by atoms with E-state index in [9.17, 15) is 0 Å². The lowest BCUT2D eigenvalue weighted by Crippen LogP contribution is -2.04. The molecular weight excluding hydrogens is 238 g/mol. The largest absolute Gasteiger partial charge is 0.457 e. The highest BCUT2D eigenvalue weighted by Crippen LogP contribution is 2.26. The molecule has 0 spiro atoms. The van der Waals surface area contributed by atoms with Gasteiger partial charge in [0.05, 0.1) is 0 Å². The molecule has 19 heavy (non-hydrogen) atoms. The third-order valence-electron chi connectivity index (χ3n) is 2.86. The summed E-state index contributed by atoms with van der Waals surface area (Å²) >= 11 is 0. The Hall–Kier alpha value is -1.84. The quantitative estimate of drug-likeness (QED) is 0.836. The Labute approximate surface area is 113 Å². The molecule has 0 aliphatic heterocycles. The Morgan fingerprint density at radius 2 is 1.95 bits per heavy atom. The van der Waals surface area contributed by atoms with Gasteiger partial charge in [0.1, 0.15) is 11.5 Å². The van der Waals surface area contributed by atoms with Gasteiger partial charge in [0.25, 0.3) is 0 Å². The van der Waals surface area contributed by atoms with Crippen LogP contribution < -0.4 is 10.1 Å². The third kappa shape index (κ3) is 3.81. The molecule has 3 heteroatoms. The van der Waals surface area contributed by atoms with Crippen LogP contribution in [0, 0.1) is 0 Å². The van der Waals surface area contributed by atoms with Crippen molar-refractivity contribution in [2.45, 2.75) is 13.0 Å². The Bertz CT molecular complexity index is 526. The summed E-state index contributed by atoms with van der Waals surface area (Å²) in [7, 11) is 1.92. The molecule has 0 atom stereocenters. The summed E-state index contributed by atoms with van der Waals surface area (Å²) in [5.74, 6) is 1.62. The van der Waals surface area contributed by atoms with E-state index in [2.05, 4.69) is 11.4 Å². The van der Waals surface area contributed by atoms with E-state index < -0.39 is 0 Å². The minimum absolute atomic E-state index is 0.125. The van der Waals surface area contributed by atoms with Crippen LogP contribution in [0.5, 0.6) is 11.5 Å². The van der Waals surface area contributed by atoms with Crippen molar-refractivity contribution in [3.63, 3.8) is 0 Å². The molecule has 2 aromatic carbocycles. The summed E-state index contributed by atoms with van der Waals surface area (Å²) in [4.78, 5) is 0. The zero-order chi connectivity index (χ0) is 13.5. The van der Waals surface area contributed by atoms with Gasteiger partial charge in [0, 0.05) is 13.2 Å². The van der Waals surface area contributed by atoms with Crippen LogP contribution in [0.15, 0.2) is 48.5 Å². The van der Waals surface area contributed by atoms with Crippen molar-refractivity contribution in [3.8, 4) is 11.5 Å².